The molecule has 0 fully saturated rings. The second-order valence-electron chi connectivity index (χ2n) is 2.58. The third-order valence-electron chi connectivity index (χ3n) is 1.42. The number of nitrogens with one attached hydrogen (secondary N) is 4. The van der Waals surface area contributed by atoms with E-state index in [0.29, 0.717) is 11.2 Å². The summed E-state index contributed by atoms with van der Waals surface area (Å²) in [5.41, 5.74) is 6.15. The topological polar surface area (TPSA) is 215 Å². The molecule has 0 aromatic carbocycles. The Morgan fingerprint density at radius 2 is 1.88 bits per heavy atom. The smallest absolute Gasteiger partial charge is 0.400 e. The maximum atomic E-state index is 11.1. The van der Waals surface area contributed by atoms with Gasteiger partial charge in [-0.05, 0) is 0 Å². The number of hydrogen-bond acceptors (Lipinski definition) is 6. The predicted molar refractivity (Wildman–Crippen MR) is 50.5 cm³/mol. The van der Waals surface area contributed by atoms with Gasteiger partial charge in [-0.1, -0.05) is 0 Å². The van der Waals surface area contributed by atoms with Gasteiger partial charge in [-0.2, -0.15) is 9.97 Å². The quantitative estimate of drug-likeness (QED) is 0.318. The highest BCUT2D eigenvalue weighted by atomic mass is 32.3. The fourth-order valence-electron chi connectivity index (χ4n) is 0.953. The largest absolute Gasteiger partial charge is 0.759 e. The number of H-pyrrole nitrogens is 4. The molecule has 0 amide bonds. The Bertz CT molecular complexity index is 636. The molecule has 0 saturated heterocycles. The summed E-state index contributed by atoms with van der Waals surface area (Å²) in [7, 11) is -5.17. The van der Waals surface area contributed by atoms with Crippen LogP contribution in [0.15, 0.2) is 11.1 Å². The summed E-state index contributed by atoms with van der Waals surface area (Å²) in [4.78, 5) is 21.7. The Morgan fingerprint density at radius 3 is 2.41 bits per heavy atom. The van der Waals surface area contributed by atoms with Crippen LogP contribution in [-0.4, -0.2) is 33.0 Å². The summed E-state index contributed by atoms with van der Waals surface area (Å²) in [6, 6.07) is 0. The van der Waals surface area contributed by atoms with E-state index in [2.05, 4.69) is 19.9 Å². The molecule has 0 aliphatic rings. The van der Waals surface area contributed by atoms with Gasteiger partial charge in [-0.25, -0.2) is 4.98 Å². The van der Waals surface area contributed by atoms with E-state index in [1.165, 1.54) is 0 Å². The minimum atomic E-state index is -5.17. The number of rotatable bonds is 0. The van der Waals surface area contributed by atoms with Crippen LogP contribution in [0.3, 0.4) is 0 Å². The molecule has 0 aliphatic heterocycles. The highest BCUT2D eigenvalue weighted by Gasteiger charge is 2.14. The zero-order valence-electron chi connectivity index (χ0n) is 8.10. The molecule has 2 aromatic rings. The lowest BCUT2D eigenvalue weighted by atomic mass is 10.5. The highest BCUT2D eigenvalue weighted by Crippen LogP contribution is 1.88. The van der Waals surface area contributed by atoms with Crippen molar-refractivity contribution >= 4 is 27.5 Å². The SMILES string of the molecule is Nc1[nH]c(=O)c2[nH]c[nH+]c2[nH+]1.O.O=S(=O)([O-])[O-]. The van der Waals surface area contributed by atoms with Gasteiger partial charge in [0.1, 0.15) is 0 Å². The number of imidazole rings is 1. The highest BCUT2D eigenvalue weighted by molar-refractivity contribution is 7.79. The predicted octanol–water partition coefficient (Wildman–Crippen LogP) is -4.10. The number of fused-ring (bicyclic) bond motifs is 1. The molecule has 2 aromatic heterocycles. The van der Waals surface area contributed by atoms with E-state index in [4.69, 9.17) is 23.3 Å². The van der Waals surface area contributed by atoms with E-state index < -0.39 is 10.4 Å². The molecule has 2 heterocycles. The second kappa shape index (κ2) is 5.35. The molecular formula is C5H9N5O6S. The van der Waals surface area contributed by atoms with Crippen LogP contribution in [0.5, 0.6) is 0 Å². The van der Waals surface area contributed by atoms with Crippen LogP contribution in [0, 0.1) is 0 Å². The Morgan fingerprint density at radius 1 is 1.35 bits per heavy atom. The molecule has 12 heteroatoms. The van der Waals surface area contributed by atoms with Crippen molar-refractivity contribution in [2.24, 2.45) is 0 Å². The molecule has 0 unspecified atom stereocenters. The van der Waals surface area contributed by atoms with Gasteiger partial charge in [0.2, 0.25) is 0 Å². The van der Waals surface area contributed by atoms with Crippen molar-refractivity contribution < 1.29 is 33.0 Å². The van der Waals surface area contributed by atoms with Gasteiger partial charge in [0.05, 0.1) is 0 Å². The molecule has 8 N–H and O–H groups in total. The van der Waals surface area contributed by atoms with Crippen LogP contribution >= 0.6 is 0 Å². The third-order valence-corrected chi connectivity index (χ3v) is 1.42. The van der Waals surface area contributed by atoms with E-state index in [1.54, 1.807) is 6.33 Å². The first-order valence-electron chi connectivity index (χ1n) is 3.74. The lowest BCUT2D eigenvalue weighted by molar-refractivity contribution is -0.461. The van der Waals surface area contributed by atoms with Gasteiger partial charge in [0.15, 0.2) is 0 Å². The van der Waals surface area contributed by atoms with Crippen LogP contribution in [-0.2, 0) is 10.4 Å². The molecule has 0 spiro atoms. The maximum Gasteiger partial charge on any atom is 0.400 e. The molecule has 0 bridgehead atoms. The average molecular weight is 267 g/mol. The molecule has 0 atom stereocenters. The molecule has 0 saturated carbocycles. The Hall–Kier alpha value is -2.02. The summed E-state index contributed by atoms with van der Waals surface area (Å²) in [6.07, 6.45) is 1.55. The number of hydrogen-bond donors (Lipinski definition) is 3. The van der Waals surface area contributed by atoms with Gasteiger partial charge in [-0.3, -0.25) is 18.2 Å². The number of nitrogens with two attached hydrogens (primary N) is 1. The summed E-state index contributed by atoms with van der Waals surface area (Å²) in [5, 5.41) is 0. The van der Waals surface area contributed by atoms with Gasteiger partial charge in [0.25, 0.3) is 6.33 Å². The molecule has 11 nitrogen and oxygen atoms in total. The number of aromatic nitrogens is 4. The van der Waals surface area contributed by atoms with E-state index in [0.717, 1.165) is 0 Å². The van der Waals surface area contributed by atoms with E-state index in [9.17, 15) is 4.79 Å². The van der Waals surface area contributed by atoms with Gasteiger partial charge in [-0.15, -0.1) is 0 Å². The van der Waals surface area contributed by atoms with Crippen LogP contribution in [0.25, 0.3) is 11.2 Å². The number of aromatic amines is 4. The standard InChI is InChI=1S/C5H5N5O.H2O4S.H2O/c6-5-9-3-2(4(11)10-5)7-1-8-3;1-5(2,3)4;/h1H,(H4,6,7,8,9,10,11);(H2,1,2,3,4);1H2. The molecule has 2 rings (SSSR count). The molecular weight excluding hydrogens is 258 g/mol. The first-order chi connectivity index (χ1) is 7.27. The van der Waals surface area contributed by atoms with Crippen molar-refractivity contribution in [3.05, 3.63) is 16.7 Å². The van der Waals surface area contributed by atoms with E-state index in [-0.39, 0.29) is 17.0 Å². The van der Waals surface area contributed by atoms with Crippen LogP contribution in [0.2, 0.25) is 0 Å². The molecule has 0 radical (unpaired) electrons. The van der Waals surface area contributed by atoms with E-state index >= 15 is 0 Å². The lowest BCUT2D eigenvalue weighted by Gasteiger charge is -2.06. The van der Waals surface area contributed by atoms with Gasteiger partial charge < -0.3 is 20.3 Å². The van der Waals surface area contributed by atoms with Crippen molar-refractivity contribution in [2.45, 2.75) is 0 Å². The van der Waals surface area contributed by atoms with Crippen molar-refractivity contribution in [1.82, 2.24) is 9.97 Å². The van der Waals surface area contributed by atoms with Crippen molar-refractivity contribution in [1.29, 1.82) is 0 Å². The average Bonchev–Trinajstić information content (AvgIpc) is 2.47. The number of nitrogen functional groups attached to an aromatic ring is 1. The minimum absolute atomic E-state index is 0. The maximum absolute atomic E-state index is 11.1. The van der Waals surface area contributed by atoms with E-state index in [1.807, 2.05) is 0 Å². The lowest BCUT2D eigenvalue weighted by Crippen LogP contribution is -2.24. The van der Waals surface area contributed by atoms with Crippen LogP contribution < -0.4 is 21.3 Å². The zero-order chi connectivity index (χ0) is 12.3. The summed E-state index contributed by atoms with van der Waals surface area (Å²) < 4.78 is 34.1. The van der Waals surface area contributed by atoms with Gasteiger partial charge >= 0.3 is 22.7 Å². The summed E-state index contributed by atoms with van der Waals surface area (Å²) in [5.74, 6) is 0.235. The first kappa shape index (κ1) is 15.0. The first-order valence-corrected chi connectivity index (χ1v) is 5.07. The molecule has 0 aliphatic carbocycles. The second-order valence-corrected chi connectivity index (χ2v) is 3.40. The monoisotopic (exact) mass is 267 g/mol. The molecule has 17 heavy (non-hydrogen) atoms. The summed E-state index contributed by atoms with van der Waals surface area (Å²) >= 11 is 0. The number of anilines is 1. The Balaban J connectivity index is 0.000000373. The fraction of sp³-hybridized carbons (Fsp3) is 0. The normalized spacial score (nSPS) is 10.2. The van der Waals surface area contributed by atoms with Crippen LogP contribution in [0.4, 0.5) is 5.95 Å². The van der Waals surface area contributed by atoms with Crippen molar-refractivity contribution in [3.63, 3.8) is 0 Å². The van der Waals surface area contributed by atoms with Crippen molar-refractivity contribution in [2.75, 3.05) is 5.73 Å². The third kappa shape index (κ3) is 5.03. The Kier molecular flexibility index (Phi) is 4.72. The summed E-state index contributed by atoms with van der Waals surface area (Å²) in [6.45, 7) is 0. The van der Waals surface area contributed by atoms with Crippen LogP contribution in [0.1, 0.15) is 0 Å². The zero-order valence-corrected chi connectivity index (χ0v) is 8.92. The molecule has 96 valence electrons. The fourth-order valence-corrected chi connectivity index (χ4v) is 0.953. The van der Waals surface area contributed by atoms with Crippen molar-refractivity contribution in [3.8, 4) is 0 Å². The minimum Gasteiger partial charge on any atom is -0.759 e. The van der Waals surface area contributed by atoms with Gasteiger partial charge in [0, 0.05) is 10.4 Å². The Labute approximate surface area is 93.6 Å².